The van der Waals surface area contributed by atoms with Crippen molar-refractivity contribution >= 4 is 34.1 Å². The van der Waals surface area contributed by atoms with E-state index in [1.54, 1.807) is 36.8 Å². The first-order valence-corrected chi connectivity index (χ1v) is 12.0. The molecule has 2 N–H and O–H groups in total. The summed E-state index contributed by atoms with van der Waals surface area (Å²) < 4.78 is 1.95. The lowest BCUT2D eigenvalue weighted by molar-refractivity contribution is 0.115. The fraction of sp³-hybridized carbons (Fsp3) is 0.143. The standard InChI is InChI=1S/C28H23Cl2N3O2/c1-17(2)33-16-31-15-26(33)28(35,19-6-9-21(29)10-7-19)20-8-11-25-24(13-20)23(14-27(34)32-25)18-4-3-5-22(30)12-18/h3-17,35H,1-2H3,(H,32,34). The highest BCUT2D eigenvalue weighted by Gasteiger charge is 2.37. The summed E-state index contributed by atoms with van der Waals surface area (Å²) in [4.78, 5) is 19.7. The third-order valence-electron chi connectivity index (χ3n) is 6.25. The molecule has 5 aromatic rings. The fourth-order valence-corrected chi connectivity index (χ4v) is 4.84. The van der Waals surface area contributed by atoms with E-state index in [4.69, 9.17) is 23.2 Å². The van der Waals surface area contributed by atoms with Gasteiger partial charge in [0.1, 0.15) is 0 Å². The zero-order valence-corrected chi connectivity index (χ0v) is 20.7. The molecule has 176 valence electrons. The molecular formula is C28H23Cl2N3O2. The number of rotatable bonds is 5. The first-order valence-electron chi connectivity index (χ1n) is 11.2. The molecule has 7 heteroatoms. The molecule has 0 saturated carbocycles. The van der Waals surface area contributed by atoms with Crippen LogP contribution in [0.2, 0.25) is 10.0 Å². The summed E-state index contributed by atoms with van der Waals surface area (Å²) in [5, 5.41) is 14.4. The van der Waals surface area contributed by atoms with Crippen molar-refractivity contribution in [3.8, 4) is 11.1 Å². The van der Waals surface area contributed by atoms with Crippen molar-refractivity contribution in [2.24, 2.45) is 0 Å². The minimum Gasteiger partial charge on any atom is -0.374 e. The van der Waals surface area contributed by atoms with Gasteiger partial charge >= 0.3 is 0 Å². The molecule has 5 nitrogen and oxygen atoms in total. The molecule has 2 heterocycles. The second-order valence-electron chi connectivity index (χ2n) is 8.82. The molecule has 0 spiro atoms. The number of benzene rings is 3. The van der Waals surface area contributed by atoms with Gasteiger partial charge in [0.25, 0.3) is 0 Å². The molecule has 0 amide bonds. The summed E-state index contributed by atoms with van der Waals surface area (Å²) in [5.74, 6) is 0. The Morgan fingerprint density at radius 2 is 1.69 bits per heavy atom. The van der Waals surface area contributed by atoms with Gasteiger partial charge < -0.3 is 14.7 Å². The summed E-state index contributed by atoms with van der Waals surface area (Å²) in [6.45, 7) is 4.08. The Bertz CT molecular complexity index is 1590. The van der Waals surface area contributed by atoms with E-state index in [1.165, 1.54) is 0 Å². The quantitative estimate of drug-likeness (QED) is 0.285. The molecule has 0 bridgehead atoms. The number of hydrogen-bond donors (Lipinski definition) is 2. The van der Waals surface area contributed by atoms with Crippen LogP contribution in [-0.2, 0) is 5.60 Å². The van der Waals surface area contributed by atoms with Crippen LogP contribution in [0.25, 0.3) is 22.0 Å². The molecular weight excluding hydrogens is 481 g/mol. The van der Waals surface area contributed by atoms with Gasteiger partial charge in [-0.1, -0.05) is 53.5 Å². The van der Waals surface area contributed by atoms with Gasteiger partial charge in [-0.25, -0.2) is 4.98 Å². The predicted octanol–water partition coefficient (Wildman–Crippen LogP) is 6.56. The van der Waals surface area contributed by atoms with Crippen LogP contribution in [0.3, 0.4) is 0 Å². The predicted molar refractivity (Wildman–Crippen MR) is 141 cm³/mol. The van der Waals surface area contributed by atoms with Crippen molar-refractivity contribution in [3.63, 3.8) is 0 Å². The van der Waals surface area contributed by atoms with Crippen molar-refractivity contribution in [2.45, 2.75) is 25.5 Å². The van der Waals surface area contributed by atoms with Gasteiger partial charge in [0, 0.05) is 33.1 Å². The molecule has 35 heavy (non-hydrogen) atoms. The van der Waals surface area contributed by atoms with Crippen molar-refractivity contribution < 1.29 is 5.11 Å². The number of imidazole rings is 1. The molecule has 5 rings (SSSR count). The van der Waals surface area contributed by atoms with Gasteiger partial charge in [-0.3, -0.25) is 4.79 Å². The third kappa shape index (κ3) is 4.16. The lowest BCUT2D eigenvalue weighted by Crippen LogP contribution is -2.32. The number of aromatic nitrogens is 3. The summed E-state index contributed by atoms with van der Waals surface area (Å²) in [7, 11) is 0. The first-order chi connectivity index (χ1) is 16.8. The van der Waals surface area contributed by atoms with Crippen LogP contribution in [0.15, 0.2) is 90.1 Å². The van der Waals surface area contributed by atoms with E-state index in [0.717, 1.165) is 16.5 Å². The van der Waals surface area contributed by atoms with Crippen LogP contribution < -0.4 is 5.56 Å². The summed E-state index contributed by atoms with van der Waals surface area (Å²) in [5.41, 5.74) is 2.36. The Balaban J connectivity index is 1.82. The number of halogens is 2. The van der Waals surface area contributed by atoms with Gasteiger partial charge in [-0.2, -0.15) is 0 Å². The van der Waals surface area contributed by atoms with Crippen molar-refractivity contribution in [1.82, 2.24) is 14.5 Å². The van der Waals surface area contributed by atoms with Crippen LogP contribution in [0.1, 0.15) is 36.7 Å². The molecule has 3 aromatic carbocycles. The van der Waals surface area contributed by atoms with Gasteiger partial charge in [-0.15, -0.1) is 0 Å². The average molecular weight is 504 g/mol. The second-order valence-corrected chi connectivity index (χ2v) is 9.69. The molecule has 0 fully saturated rings. The van der Waals surface area contributed by atoms with Gasteiger partial charge in [0.15, 0.2) is 5.60 Å². The number of H-pyrrole nitrogens is 1. The smallest absolute Gasteiger partial charge is 0.249 e. The van der Waals surface area contributed by atoms with Crippen LogP contribution in [0.5, 0.6) is 0 Å². The van der Waals surface area contributed by atoms with E-state index < -0.39 is 5.60 Å². The Morgan fingerprint density at radius 1 is 0.943 bits per heavy atom. The number of aliphatic hydroxyl groups is 1. The molecule has 1 unspecified atom stereocenters. The Morgan fingerprint density at radius 3 is 2.40 bits per heavy atom. The summed E-state index contributed by atoms with van der Waals surface area (Å²) in [6, 6.07) is 21.7. The maximum absolute atomic E-state index is 12.5. The molecule has 0 radical (unpaired) electrons. The Hall–Kier alpha value is -3.38. The van der Waals surface area contributed by atoms with Gasteiger partial charge in [0.05, 0.1) is 18.2 Å². The van der Waals surface area contributed by atoms with E-state index >= 15 is 0 Å². The molecule has 0 aliphatic heterocycles. The molecule has 0 saturated heterocycles. The highest BCUT2D eigenvalue weighted by molar-refractivity contribution is 6.31. The minimum absolute atomic E-state index is 0.0742. The van der Waals surface area contributed by atoms with Crippen LogP contribution in [0, 0.1) is 0 Å². The molecule has 1 atom stereocenters. The number of nitrogens with zero attached hydrogens (tertiary/aromatic N) is 2. The zero-order chi connectivity index (χ0) is 24.7. The summed E-state index contributed by atoms with van der Waals surface area (Å²) in [6.07, 6.45) is 3.40. The van der Waals surface area contributed by atoms with E-state index in [9.17, 15) is 9.90 Å². The highest BCUT2D eigenvalue weighted by Crippen LogP contribution is 2.40. The normalized spacial score (nSPS) is 13.3. The van der Waals surface area contributed by atoms with E-state index in [0.29, 0.717) is 32.4 Å². The maximum Gasteiger partial charge on any atom is 0.249 e. The number of pyridine rings is 1. The number of nitrogens with one attached hydrogen (secondary N) is 1. The second kappa shape index (κ2) is 9.00. The monoisotopic (exact) mass is 503 g/mol. The van der Waals surface area contributed by atoms with Gasteiger partial charge in [-0.05, 0) is 72.5 Å². The highest BCUT2D eigenvalue weighted by atomic mass is 35.5. The summed E-state index contributed by atoms with van der Waals surface area (Å²) >= 11 is 12.4. The number of hydrogen-bond acceptors (Lipinski definition) is 3. The number of fused-ring (bicyclic) bond motifs is 1. The fourth-order valence-electron chi connectivity index (χ4n) is 4.52. The van der Waals surface area contributed by atoms with Crippen molar-refractivity contribution in [3.05, 3.63) is 123 Å². The average Bonchev–Trinajstić information content (AvgIpc) is 3.34. The molecule has 0 aliphatic carbocycles. The minimum atomic E-state index is -1.53. The van der Waals surface area contributed by atoms with Crippen LogP contribution >= 0.6 is 23.2 Å². The molecule has 0 aliphatic rings. The third-order valence-corrected chi connectivity index (χ3v) is 6.74. The number of aromatic amines is 1. The van der Waals surface area contributed by atoms with Crippen molar-refractivity contribution in [2.75, 3.05) is 0 Å². The Labute approximate surface area is 212 Å². The van der Waals surface area contributed by atoms with Gasteiger partial charge in [0.2, 0.25) is 5.56 Å². The SMILES string of the molecule is CC(C)n1cncc1C(O)(c1ccc(Cl)cc1)c1ccc2[nH]c(=O)cc(-c3cccc(Cl)c3)c2c1. The largest absolute Gasteiger partial charge is 0.374 e. The Kier molecular flexibility index (Phi) is 6.01. The van der Waals surface area contributed by atoms with E-state index in [-0.39, 0.29) is 11.6 Å². The lowest BCUT2D eigenvalue weighted by atomic mass is 9.82. The van der Waals surface area contributed by atoms with E-state index in [1.807, 2.05) is 66.9 Å². The topological polar surface area (TPSA) is 70.9 Å². The van der Waals surface area contributed by atoms with Crippen LogP contribution in [0.4, 0.5) is 0 Å². The van der Waals surface area contributed by atoms with Crippen LogP contribution in [-0.4, -0.2) is 19.6 Å². The lowest BCUT2D eigenvalue weighted by Gasteiger charge is -2.31. The first kappa shape index (κ1) is 23.4. The zero-order valence-electron chi connectivity index (χ0n) is 19.2. The maximum atomic E-state index is 12.5. The van der Waals surface area contributed by atoms with Crippen molar-refractivity contribution in [1.29, 1.82) is 0 Å². The van der Waals surface area contributed by atoms with E-state index in [2.05, 4.69) is 9.97 Å². The molecule has 2 aromatic heterocycles.